The Morgan fingerprint density at radius 3 is 2.69 bits per heavy atom. The van der Waals surface area contributed by atoms with Crippen LogP contribution in [0.15, 0.2) is 23.2 Å². The SMILES string of the molecule is C/C(N)=N/c1nc(C)c2cc(C)ccc2n1. The second-order valence-corrected chi connectivity index (χ2v) is 3.88. The fraction of sp³-hybridized carbons (Fsp3) is 0.250. The molecule has 0 saturated carbocycles. The molecule has 1 heterocycles. The van der Waals surface area contributed by atoms with Crippen molar-refractivity contribution in [3.05, 3.63) is 29.5 Å². The zero-order valence-electron chi connectivity index (χ0n) is 9.65. The summed E-state index contributed by atoms with van der Waals surface area (Å²) < 4.78 is 0. The van der Waals surface area contributed by atoms with Gasteiger partial charge in [0.05, 0.1) is 17.0 Å². The van der Waals surface area contributed by atoms with Crippen LogP contribution in [0.4, 0.5) is 5.95 Å². The molecule has 2 N–H and O–H groups in total. The van der Waals surface area contributed by atoms with Crippen LogP contribution in [0.1, 0.15) is 18.2 Å². The van der Waals surface area contributed by atoms with Gasteiger partial charge in [0.25, 0.3) is 5.95 Å². The molecule has 0 unspecified atom stereocenters. The van der Waals surface area contributed by atoms with E-state index in [2.05, 4.69) is 28.0 Å². The molecule has 0 radical (unpaired) electrons. The lowest BCUT2D eigenvalue weighted by Crippen LogP contribution is -2.05. The van der Waals surface area contributed by atoms with Crippen LogP contribution >= 0.6 is 0 Å². The van der Waals surface area contributed by atoms with Crippen LogP contribution in [-0.4, -0.2) is 15.8 Å². The smallest absolute Gasteiger partial charge is 0.251 e. The van der Waals surface area contributed by atoms with Crippen molar-refractivity contribution in [3.63, 3.8) is 0 Å². The summed E-state index contributed by atoms with van der Waals surface area (Å²) in [6.07, 6.45) is 0. The average Bonchev–Trinajstić information content (AvgIpc) is 2.18. The highest BCUT2D eigenvalue weighted by molar-refractivity contribution is 5.84. The molecule has 0 aliphatic carbocycles. The summed E-state index contributed by atoms with van der Waals surface area (Å²) in [5, 5.41) is 1.06. The van der Waals surface area contributed by atoms with Crippen LogP contribution in [0.25, 0.3) is 10.9 Å². The number of aryl methyl sites for hydroxylation is 2. The van der Waals surface area contributed by atoms with Gasteiger partial charge in [-0.15, -0.1) is 0 Å². The van der Waals surface area contributed by atoms with Gasteiger partial charge in [-0.3, -0.25) is 0 Å². The zero-order chi connectivity index (χ0) is 11.7. The van der Waals surface area contributed by atoms with Crippen LogP contribution in [-0.2, 0) is 0 Å². The maximum absolute atomic E-state index is 5.51. The minimum Gasteiger partial charge on any atom is -0.387 e. The van der Waals surface area contributed by atoms with Crippen LogP contribution in [0, 0.1) is 13.8 Å². The molecule has 2 rings (SSSR count). The molecule has 1 aromatic heterocycles. The molecule has 0 bridgehead atoms. The van der Waals surface area contributed by atoms with Gasteiger partial charge in [-0.2, -0.15) is 4.99 Å². The van der Waals surface area contributed by atoms with Crippen molar-refractivity contribution < 1.29 is 0 Å². The van der Waals surface area contributed by atoms with Crippen molar-refractivity contribution in [1.29, 1.82) is 0 Å². The molecule has 2 aromatic rings. The Kier molecular flexibility index (Phi) is 2.56. The van der Waals surface area contributed by atoms with Gasteiger partial charge in [-0.05, 0) is 32.9 Å². The molecule has 0 aliphatic rings. The molecule has 0 aliphatic heterocycles. The number of nitrogens with two attached hydrogens (primary N) is 1. The third-order valence-electron chi connectivity index (χ3n) is 2.31. The van der Waals surface area contributed by atoms with Gasteiger partial charge < -0.3 is 5.73 Å². The number of fused-ring (bicyclic) bond motifs is 1. The molecule has 0 fully saturated rings. The van der Waals surface area contributed by atoms with Crippen molar-refractivity contribution in [2.24, 2.45) is 10.7 Å². The van der Waals surface area contributed by atoms with E-state index in [1.807, 2.05) is 19.1 Å². The van der Waals surface area contributed by atoms with Gasteiger partial charge in [-0.25, -0.2) is 9.97 Å². The predicted octanol–water partition coefficient (Wildman–Crippen LogP) is 2.26. The Morgan fingerprint density at radius 2 is 2.00 bits per heavy atom. The first-order valence-corrected chi connectivity index (χ1v) is 5.12. The lowest BCUT2D eigenvalue weighted by atomic mass is 10.1. The van der Waals surface area contributed by atoms with E-state index in [1.165, 1.54) is 5.56 Å². The highest BCUT2D eigenvalue weighted by Gasteiger charge is 2.03. The van der Waals surface area contributed by atoms with Crippen LogP contribution in [0.2, 0.25) is 0 Å². The van der Waals surface area contributed by atoms with Gasteiger partial charge in [0.1, 0.15) is 0 Å². The Labute approximate surface area is 94.2 Å². The van der Waals surface area contributed by atoms with E-state index in [4.69, 9.17) is 5.73 Å². The van der Waals surface area contributed by atoms with Gasteiger partial charge in [0.15, 0.2) is 0 Å². The summed E-state index contributed by atoms with van der Waals surface area (Å²) in [6.45, 7) is 5.72. The average molecular weight is 214 g/mol. The number of aliphatic imine (C=N–C) groups is 1. The van der Waals surface area contributed by atoms with Crippen LogP contribution < -0.4 is 5.73 Å². The number of amidine groups is 1. The quantitative estimate of drug-likeness (QED) is 0.585. The first kappa shape index (κ1) is 10.5. The fourth-order valence-electron chi connectivity index (χ4n) is 1.59. The summed E-state index contributed by atoms with van der Waals surface area (Å²) in [6, 6.07) is 6.08. The highest BCUT2D eigenvalue weighted by Crippen LogP contribution is 2.19. The molecule has 4 nitrogen and oxygen atoms in total. The Hall–Kier alpha value is -1.97. The van der Waals surface area contributed by atoms with E-state index in [0.29, 0.717) is 11.8 Å². The summed E-state index contributed by atoms with van der Waals surface area (Å²) in [4.78, 5) is 12.7. The Bertz CT molecular complexity index is 568. The molecule has 0 saturated heterocycles. The molecule has 0 atom stereocenters. The fourth-order valence-corrected chi connectivity index (χ4v) is 1.59. The standard InChI is InChI=1S/C12H14N4/c1-7-4-5-11-10(6-7)8(2)14-12(16-11)15-9(3)13/h4-6H,1-3H3,(H2,13,14,15,16). The van der Waals surface area contributed by atoms with E-state index in [1.54, 1.807) is 6.92 Å². The van der Waals surface area contributed by atoms with Gasteiger partial charge in [0, 0.05) is 5.39 Å². The van der Waals surface area contributed by atoms with E-state index in [9.17, 15) is 0 Å². The van der Waals surface area contributed by atoms with Gasteiger partial charge in [-0.1, -0.05) is 11.6 Å². The second-order valence-electron chi connectivity index (χ2n) is 3.88. The summed E-state index contributed by atoms with van der Waals surface area (Å²) in [7, 11) is 0. The lowest BCUT2D eigenvalue weighted by molar-refractivity contribution is 1.12. The molecule has 16 heavy (non-hydrogen) atoms. The molecular formula is C12H14N4. The van der Waals surface area contributed by atoms with E-state index < -0.39 is 0 Å². The Morgan fingerprint density at radius 1 is 1.25 bits per heavy atom. The van der Waals surface area contributed by atoms with Gasteiger partial charge >= 0.3 is 0 Å². The maximum Gasteiger partial charge on any atom is 0.251 e. The molecule has 0 spiro atoms. The van der Waals surface area contributed by atoms with Gasteiger partial charge in [0.2, 0.25) is 0 Å². The number of hydrogen-bond donors (Lipinski definition) is 1. The van der Waals surface area contributed by atoms with Crippen molar-refractivity contribution in [2.75, 3.05) is 0 Å². The normalized spacial score (nSPS) is 12.1. The van der Waals surface area contributed by atoms with Crippen molar-refractivity contribution in [1.82, 2.24) is 9.97 Å². The van der Waals surface area contributed by atoms with Crippen molar-refractivity contribution in [2.45, 2.75) is 20.8 Å². The first-order valence-electron chi connectivity index (χ1n) is 5.12. The third kappa shape index (κ3) is 2.00. The third-order valence-corrected chi connectivity index (χ3v) is 2.31. The lowest BCUT2D eigenvalue weighted by Gasteiger charge is -2.03. The van der Waals surface area contributed by atoms with E-state index in [-0.39, 0.29) is 0 Å². The molecular weight excluding hydrogens is 200 g/mol. The monoisotopic (exact) mass is 214 g/mol. The minimum absolute atomic E-state index is 0.425. The summed E-state index contributed by atoms with van der Waals surface area (Å²) in [5.41, 5.74) is 8.54. The largest absolute Gasteiger partial charge is 0.387 e. The van der Waals surface area contributed by atoms with Crippen LogP contribution in [0.3, 0.4) is 0 Å². The number of aromatic nitrogens is 2. The molecule has 4 heteroatoms. The topological polar surface area (TPSA) is 64.2 Å². The highest BCUT2D eigenvalue weighted by atomic mass is 15.1. The summed E-state index contributed by atoms with van der Waals surface area (Å²) >= 11 is 0. The molecule has 0 amide bonds. The zero-order valence-corrected chi connectivity index (χ0v) is 9.65. The second kappa shape index (κ2) is 3.89. The molecule has 1 aromatic carbocycles. The maximum atomic E-state index is 5.51. The number of rotatable bonds is 1. The van der Waals surface area contributed by atoms with E-state index in [0.717, 1.165) is 16.6 Å². The number of benzene rings is 1. The number of nitrogens with zero attached hydrogens (tertiary/aromatic N) is 3. The predicted molar refractivity (Wildman–Crippen MR) is 66.0 cm³/mol. The van der Waals surface area contributed by atoms with Crippen LogP contribution in [0.5, 0.6) is 0 Å². The molecule has 82 valence electrons. The Balaban J connectivity index is 2.68. The van der Waals surface area contributed by atoms with E-state index >= 15 is 0 Å². The number of hydrogen-bond acceptors (Lipinski definition) is 3. The van der Waals surface area contributed by atoms with Crippen molar-refractivity contribution >= 4 is 22.7 Å². The first-order chi connectivity index (χ1) is 7.56. The van der Waals surface area contributed by atoms with Crippen molar-refractivity contribution in [3.8, 4) is 0 Å². The minimum atomic E-state index is 0.425. The summed E-state index contributed by atoms with van der Waals surface area (Å²) in [5.74, 6) is 0.889.